The number of aryl methyl sites for hydroxylation is 1. The lowest BCUT2D eigenvalue weighted by molar-refractivity contribution is 0.581. The smallest absolute Gasteiger partial charge is 0.243 e. The number of nitrogens with zero attached hydrogens (tertiary/aromatic N) is 2. The van der Waals surface area contributed by atoms with Crippen molar-refractivity contribution in [2.24, 2.45) is 0 Å². The lowest BCUT2D eigenvalue weighted by atomic mass is 10.2. The summed E-state index contributed by atoms with van der Waals surface area (Å²) in [5.74, 6) is 0. The molecule has 0 unspecified atom stereocenters. The normalized spacial score (nSPS) is 11.5. The molecule has 1 heterocycles. The molecule has 124 valence electrons. The summed E-state index contributed by atoms with van der Waals surface area (Å²) >= 11 is 0. The van der Waals surface area contributed by atoms with Crippen LogP contribution in [-0.4, -0.2) is 18.2 Å². The van der Waals surface area contributed by atoms with Crippen LogP contribution in [0.2, 0.25) is 0 Å². The molecule has 24 heavy (non-hydrogen) atoms. The standard InChI is InChI=1S/C18H19N3O2S/c1-15-7-9-16(10-8-15)11-20-24(22,23)18-12-19-21(14-18)13-17-5-3-2-4-6-17/h2-10,12,14,20H,11,13H2,1H3. The second-order valence-electron chi connectivity index (χ2n) is 5.67. The lowest BCUT2D eigenvalue weighted by Crippen LogP contribution is -2.22. The van der Waals surface area contributed by atoms with Gasteiger partial charge in [-0.15, -0.1) is 0 Å². The van der Waals surface area contributed by atoms with Crippen molar-refractivity contribution in [2.45, 2.75) is 24.9 Å². The van der Waals surface area contributed by atoms with Crippen LogP contribution in [0.15, 0.2) is 71.9 Å². The average Bonchev–Trinajstić information content (AvgIpc) is 3.05. The van der Waals surface area contributed by atoms with Crippen LogP contribution in [0, 0.1) is 6.92 Å². The fraction of sp³-hybridized carbons (Fsp3) is 0.167. The summed E-state index contributed by atoms with van der Waals surface area (Å²) in [7, 11) is -3.57. The first-order chi connectivity index (χ1) is 11.5. The number of rotatable bonds is 6. The van der Waals surface area contributed by atoms with Gasteiger partial charge in [0.15, 0.2) is 0 Å². The minimum atomic E-state index is -3.57. The summed E-state index contributed by atoms with van der Waals surface area (Å²) in [6.07, 6.45) is 2.92. The first-order valence-corrected chi connectivity index (χ1v) is 9.13. The van der Waals surface area contributed by atoms with E-state index in [2.05, 4.69) is 9.82 Å². The molecule has 1 N–H and O–H groups in total. The van der Waals surface area contributed by atoms with E-state index in [4.69, 9.17) is 0 Å². The molecule has 0 spiro atoms. The highest BCUT2D eigenvalue weighted by Crippen LogP contribution is 2.10. The van der Waals surface area contributed by atoms with Gasteiger partial charge in [0.05, 0.1) is 12.7 Å². The molecule has 0 bridgehead atoms. The molecule has 0 aliphatic rings. The minimum Gasteiger partial charge on any atom is -0.267 e. The summed E-state index contributed by atoms with van der Waals surface area (Å²) in [6.45, 7) is 2.79. The van der Waals surface area contributed by atoms with Crippen LogP contribution in [-0.2, 0) is 23.1 Å². The molecule has 0 aliphatic heterocycles. The lowest BCUT2D eigenvalue weighted by Gasteiger charge is -2.05. The van der Waals surface area contributed by atoms with E-state index < -0.39 is 10.0 Å². The van der Waals surface area contributed by atoms with E-state index in [0.29, 0.717) is 6.54 Å². The van der Waals surface area contributed by atoms with Gasteiger partial charge in [0.1, 0.15) is 4.90 Å². The van der Waals surface area contributed by atoms with Crippen molar-refractivity contribution < 1.29 is 8.42 Å². The minimum absolute atomic E-state index is 0.172. The van der Waals surface area contributed by atoms with Crippen molar-refractivity contribution in [1.82, 2.24) is 14.5 Å². The zero-order chi connectivity index (χ0) is 17.0. The molecule has 0 fully saturated rings. The third-order valence-corrected chi connectivity index (χ3v) is 5.05. The number of nitrogens with one attached hydrogen (secondary N) is 1. The Morgan fingerprint density at radius 2 is 1.71 bits per heavy atom. The number of aromatic nitrogens is 2. The predicted octanol–water partition coefficient (Wildman–Crippen LogP) is 2.72. The number of benzene rings is 2. The van der Waals surface area contributed by atoms with Gasteiger partial charge in [-0.25, -0.2) is 13.1 Å². The van der Waals surface area contributed by atoms with Crippen molar-refractivity contribution in [2.75, 3.05) is 0 Å². The first kappa shape index (κ1) is 16.4. The van der Waals surface area contributed by atoms with Crippen LogP contribution in [0.25, 0.3) is 0 Å². The van der Waals surface area contributed by atoms with E-state index in [0.717, 1.165) is 16.7 Å². The van der Waals surface area contributed by atoms with Crippen molar-refractivity contribution in [1.29, 1.82) is 0 Å². The summed E-state index contributed by atoms with van der Waals surface area (Å²) in [4.78, 5) is 0.172. The molecule has 3 aromatic rings. The van der Waals surface area contributed by atoms with Gasteiger partial charge in [0, 0.05) is 12.7 Å². The van der Waals surface area contributed by atoms with E-state index in [-0.39, 0.29) is 11.4 Å². The van der Waals surface area contributed by atoms with E-state index in [9.17, 15) is 8.42 Å². The van der Waals surface area contributed by atoms with E-state index >= 15 is 0 Å². The molecule has 0 amide bonds. The summed E-state index contributed by atoms with van der Waals surface area (Å²) in [6, 6.07) is 17.5. The Hall–Kier alpha value is -2.44. The molecule has 2 aromatic carbocycles. The molecule has 6 heteroatoms. The maximum Gasteiger partial charge on any atom is 0.243 e. The van der Waals surface area contributed by atoms with Crippen molar-refractivity contribution in [3.63, 3.8) is 0 Å². The first-order valence-electron chi connectivity index (χ1n) is 7.64. The molecule has 0 aliphatic carbocycles. The fourth-order valence-corrected chi connectivity index (χ4v) is 3.28. The quantitative estimate of drug-likeness (QED) is 0.750. The van der Waals surface area contributed by atoms with Gasteiger partial charge in [-0.1, -0.05) is 60.2 Å². The van der Waals surface area contributed by atoms with E-state index in [1.807, 2.05) is 61.5 Å². The van der Waals surface area contributed by atoms with E-state index in [1.54, 1.807) is 10.9 Å². The molecule has 0 saturated heterocycles. The molecule has 1 aromatic heterocycles. The van der Waals surface area contributed by atoms with Crippen LogP contribution < -0.4 is 4.72 Å². The average molecular weight is 341 g/mol. The van der Waals surface area contributed by atoms with E-state index in [1.165, 1.54) is 6.20 Å². The van der Waals surface area contributed by atoms with Crippen LogP contribution in [0.1, 0.15) is 16.7 Å². The number of hydrogen-bond donors (Lipinski definition) is 1. The molecular formula is C18H19N3O2S. The second-order valence-corrected chi connectivity index (χ2v) is 7.44. The SMILES string of the molecule is Cc1ccc(CNS(=O)(=O)c2cnn(Cc3ccccc3)c2)cc1. The van der Waals surface area contributed by atoms with Crippen molar-refractivity contribution in [3.8, 4) is 0 Å². The Labute approximate surface area is 142 Å². The molecule has 0 saturated carbocycles. The number of sulfonamides is 1. The van der Waals surface area contributed by atoms with Gasteiger partial charge in [-0.05, 0) is 18.1 Å². The molecule has 3 rings (SSSR count). The molecular weight excluding hydrogens is 322 g/mol. The highest BCUT2D eigenvalue weighted by atomic mass is 32.2. The largest absolute Gasteiger partial charge is 0.267 e. The molecule has 0 atom stereocenters. The van der Waals surface area contributed by atoms with Crippen LogP contribution in [0.5, 0.6) is 0 Å². The highest BCUT2D eigenvalue weighted by Gasteiger charge is 2.16. The Morgan fingerprint density at radius 3 is 2.42 bits per heavy atom. The van der Waals surface area contributed by atoms with Crippen LogP contribution >= 0.6 is 0 Å². The highest BCUT2D eigenvalue weighted by molar-refractivity contribution is 7.89. The fourth-order valence-electron chi connectivity index (χ4n) is 2.31. The Balaban J connectivity index is 1.67. The summed E-state index contributed by atoms with van der Waals surface area (Å²) < 4.78 is 29.0. The predicted molar refractivity (Wildman–Crippen MR) is 93.0 cm³/mol. The maximum atomic E-state index is 12.4. The van der Waals surface area contributed by atoms with Gasteiger partial charge in [0.2, 0.25) is 10.0 Å². The van der Waals surface area contributed by atoms with Gasteiger partial charge in [-0.3, -0.25) is 4.68 Å². The van der Waals surface area contributed by atoms with Crippen molar-refractivity contribution >= 4 is 10.0 Å². The Morgan fingerprint density at radius 1 is 1.00 bits per heavy atom. The Bertz CT molecular complexity index is 901. The third kappa shape index (κ3) is 4.10. The number of hydrogen-bond acceptors (Lipinski definition) is 3. The van der Waals surface area contributed by atoms with Crippen LogP contribution in [0.4, 0.5) is 0 Å². The molecule has 0 radical (unpaired) electrons. The van der Waals surface area contributed by atoms with Gasteiger partial charge in [0.25, 0.3) is 0 Å². The van der Waals surface area contributed by atoms with Crippen LogP contribution in [0.3, 0.4) is 0 Å². The van der Waals surface area contributed by atoms with Crippen molar-refractivity contribution in [3.05, 3.63) is 83.7 Å². The topological polar surface area (TPSA) is 64.0 Å². The van der Waals surface area contributed by atoms with Gasteiger partial charge < -0.3 is 0 Å². The zero-order valence-corrected chi connectivity index (χ0v) is 14.2. The zero-order valence-electron chi connectivity index (χ0n) is 13.4. The molecule has 5 nitrogen and oxygen atoms in total. The third-order valence-electron chi connectivity index (χ3n) is 3.69. The maximum absolute atomic E-state index is 12.4. The van der Waals surface area contributed by atoms with Gasteiger partial charge in [-0.2, -0.15) is 5.10 Å². The monoisotopic (exact) mass is 341 g/mol. The summed E-state index contributed by atoms with van der Waals surface area (Å²) in [5, 5.41) is 4.14. The summed E-state index contributed by atoms with van der Waals surface area (Å²) in [5.41, 5.74) is 3.13. The second kappa shape index (κ2) is 6.98. The Kier molecular flexibility index (Phi) is 4.78. The van der Waals surface area contributed by atoms with Gasteiger partial charge >= 0.3 is 0 Å².